The number of benzene rings is 2. The molecule has 2 heterocycles. The summed E-state index contributed by atoms with van der Waals surface area (Å²) in [5.74, 6) is 2.96. The van der Waals surface area contributed by atoms with Crippen LogP contribution in [0.5, 0.6) is 17.2 Å². The summed E-state index contributed by atoms with van der Waals surface area (Å²) >= 11 is 1.43. The second-order valence-corrected chi connectivity index (χ2v) is 9.36. The van der Waals surface area contributed by atoms with Gasteiger partial charge in [-0.3, -0.25) is 9.20 Å². The van der Waals surface area contributed by atoms with Crippen molar-refractivity contribution in [3.8, 4) is 28.4 Å². The van der Waals surface area contributed by atoms with Gasteiger partial charge < -0.3 is 14.2 Å². The van der Waals surface area contributed by atoms with E-state index in [1.165, 1.54) is 24.2 Å². The highest BCUT2D eigenvalue weighted by atomic mass is 32.1. The number of nitrogens with zero attached hydrogens (tertiary/aromatic N) is 2. The molecule has 1 saturated carbocycles. The summed E-state index contributed by atoms with van der Waals surface area (Å²) in [6.07, 6.45) is 9.23. The first-order valence-electron chi connectivity index (χ1n) is 11.9. The Labute approximate surface area is 208 Å². The van der Waals surface area contributed by atoms with E-state index in [1.807, 2.05) is 66.9 Å². The molecule has 0 radical (unpaired) electrons. The van der Waals surface area contributed by atoms with Gasteiger partial charge in [0.05, 0.1) is 31.6 Å². The van der Waals surface area contributed by atoms with Crippen molar-refractivity contribution in [3.05, 3.63) is 75.7 Å². The molecule has 2 aromatic heterocycles. The van der Waals surface area contributed by atoms with Crippen LogP contribution in [0.2, 0.25) is 0 Å². The molecule has 1 aliphatic carbocycles. The zero-order valence-corrected chi connectivity index (χ0v) is 20.7. The van der Waals surface area contributed by atoms with Gasteiger partial charge in [-0.05, 0) is 55.2 Å². The number of fused-ring (bicyclic) bond motifs is 1. The molecule has 35 heavy (non-hydrogen) atoms. The molecule has 2 aromatic carbocycles. The van der Waals surface area contributed by atoms with Crippen molar-refractivity contribution in [3.63, 3.8) is 0 Å². The van der Waals surface area contributed by atoms with Crippen LogP contribution in [0.15, 0.2) is 58.8 Å². The number of hydrogen-bond donors (Lipinski definition) is 0. The molecule has 5 rings (SSSR count). The van der Waals surface area contributed by atoms with Crippen molar-refractivity contribution >= 4 is 28.4 Å². The Morgan fingerprint density at radius 2 is 1.94 bits per heavy atom. The molecule has 0 N–H and O–H groups in total. The molecule has 0 bridgehead atoms. The fourth-order valence-electron chi connectivity index (χ4n) is 4.06. The Bertz CT molecular complexity index is 1400. The predicted octanol–water partition coefficient (Wildman–Crippen LogP) is 6.18. The molecule has 1 fully saturated rings. The van der Waals surface area contributed by atoms with Gasteiger partial charge in [-0.1, -0.05) is 37.1 Å². The average molecular weight is 489 g/mol. The van der Waals surface area contributed by atoms with Crippen molar-refractivity contribution in [2.75, 3.05) is 20.3 Å². The molecular formula is C28H28N2O4S. The molecule has 0 atom stereocenters. The largest absolute Gasteiger partial charge is 0.494 e. The van der Waals surface area contributed by atoms with Gasteiger partial charge in [-0.15, -0.1) is 11.3 Å². The Kier molecular flexibility index (Phi) is 6.86. The van der Waals surface area contributed by atoms with Crippen LogP contribution in [0.3, 0.4) is 0 Å². The van der Waals surface area contributed by atoms with Crippen LogP contribution in [0.25, 0.3) is 28.2 Å². The minimum atomic E-state index is -0.105. The molecule has 0 amide bonds. The number of ether oxygens (including phenoxy) is 3. The zero-order valence-electron chi connectivity index (χ0n) is 19.9. The first-order chi connectivity index (χ1) is 17.2. The molecule has 180 valence electrons. The van der Waals surface area contributed by atoms with Gasteiger partial charge in [0.1, 0.15) is 5.75 Å². The fraction of sp³-hybridized carbons (Fsp3) is 0.286. The molecule has 0 saturated heterocycles. The van der Waals surface area contributed by atoms with E-state index in [4.69, 9.17) is 19.2 Å². The highest BCUT2D eigenvalue weighted by Crippen LogP contribution is 2.36. The summed E-state index contributed by atoms with van der Waals surface area (Å²) in [5.41, 5.74) is 2.71. The Hall–Kier alpha value is -3.58. The lowest BCUT2D eigenvalue weighted by atomic mass is 10.0. The smallest absolute Gasteiger partial charge is 0.266 e. The van der Waals surface area contributed by atoms with E-state index in [0.717, 1.165) is 29.2 Å². The van der Waals surface area contributed by atoms with Gasteiger partial charge in [-0.2, -0.15) is 0 Å². The number of rotatable bonds is 10. The van der Waals surface area contributed by atoms with Crippen LogP contribution in [0.1, 0.15) is 37.4 Å². The van der Waals surface area contributed by atoms with Crippen LogP contribution in [0, 0.1) is 5.92 Å². The first-order valence-corrected chi connectivity index (χ1v) is 12.8. The molecule has 6 nitrogen and oxygen atoms in total. The van der Waals surface area contributed by atoms with Crippen molar-refractivity contribution in [2.45, 2.75) is 26.2 Å². The first kappa shape index (κ1) is 23.2. The van der Waals surface area contributed by atoms with Crippen molar-refractivity contribution in [1.29, 1.82) is 0 Å². The maximum absolute atomic E-state index is 13.4. The number of thiazole rings is 1. The SMILES string of the molecule is CCOc1ccc(-c2c(/C=C/c3cccc(OC)c3OCCC3CC3)nc3sccn3c2=O)cc1. The predicted molar refractivity (Wildman–Crippen MR) is 141 cm³/mol. The monoisotopic (exact) mass is 488 g/mol. The second-order valence-electron chi connectivity index (χ2n) is 8.48. The van der Waals surface area contributed by atoms with E-state index in [2.05, 4.69) is 0 Å². The van der Waals surface area contributed by atoms with E-state index in [1.54, 1.807) is 17.7 Å². The minimum absolute atomic E-state index is 0.105. The summed E-state index contributed by atoms with van der Waals surface area (Å²) in [5, 5.41) is 1.87. The summed E-state index contributed by atoms with van der Waals surface area (Å²) in [4.78, 5) is 18.9. The topological polar surface area (TPSA) is 62.1 Å². The zero-order chi connectivity index (χ0) is 24.2. The number of hydrogen-bond acceptors (Lipinski definition) is 6. The summed E-state index contributed by atoms with van der Waals surface area (Å²) < 4.78 is 18.9. The minimum Gasteiger partial charge on any atom is -0.494 e. The maximum Gasteiger partial charge on any atom is 0.266 e. The van der Waals surface area contributed by atoms with Gasteiger partial charge in [0.2, 0.25) is 0 Å². The molecule has 7 heteroatoms. The highest BCUT2D eigenvalue weighted by molar-refractivity contribution is 7.15. The molecule has 1 aliphatic rings. The normalized spacial score (nSPS) is 13.4. The van der Waals surface area contributed by atoms with E-state index >= 15 is 0 Å². The third-order valence-electron chi connectivity index (χ3n) is 6.07. The number of para-hydroxylation sites is 1. The fourth-order valence-corrected chi connectivity index (χ4v) is 4.77. The third kappa shape index (κ3) is 5.10. The Balaban J connectivity index is 1.54. The highest BCUT2D eigenvalue weighted by Gasteiger charge is 2.21. The van der Waals surface area contributed by atoms with Crippen LogP contribution in [0.4, 0.5) is 0 Å². The summed E-state index contributed by atoms with van der Waals surface area (Å²) in [7, 11) is 1.65. The molecule has 0 aliphatic heterocycles. The standard InChI is InChI=1S/C28H28N2O4S/c1-3-33-22-12-9-20(10-13-22)25-23(29-28-30(27(25)31)16-18-35-28)14-11-21-5-4-6-24(32-2)26(21)34-17-15-19-7-8-19/h4-6,9-14,16,18-19H,3,7-8,15,17H2,1-2H3/b14-11+. The van der Waals surface area contributed by atoms with Gasteiger partial charge >= 0.3 is 0 Å². The lowest BCUT2D eigenvalue weighted by Crippen LogP contribution is -2.17. The Morgan fingerprint density at radius 3 is 2.69 bits per heavy atom. The van der Waals surface area contributed by atoms with Gasteiger partial charge in [0.25, 0.3) is 5.56 Å². The van der Waals surface area contributed by atoms with Crippen LogP contribution in [-0.4, -0.2) is 29.7 Å². The number of methoxy groups -OCH3 is 1. The van der Waals surface area contributed by atoms with Crippen LogP contribution >= 0.6 is 11.3 Å². The molecular weight excluding hydrogens is 460 g/mol. The van der Waals surface area contributed by atoms with E-state index < -0.39 is 0 Å². The average Bonchev–Trinajstić information content (AvgIpc) is 3.58. The molecule has 0 unspecified atom stereocenters. The molecule has 0 spiro atoms. The second kappa shape index (κ2) is 10.4. The lowest BCUT2D eigenvalue weighted by molar-refractivity contribution is 0.282. The van der Waals surface area contributed by atoms with E-state index in [0.29, 0.717) is 40.9 Å². The van der Waals surface area contributed by atoms with Crippen molar-refractivity contribution in [2.24, 2.45) is 5.92 Å². The van der Waals surface area contributed by atoms with E-state index in [9.17, 15) is 4.79 Å². The lowest BCUT2D eigenvalue weighted by Gasteiger charge is -2.13. The van der Waals surface area contributed by atoms with Gasteiger partial charge in [-0.25, -0.2) is 4.98 Å². The van der Waals surface area contributed by atoms with Crippen LogP contribution in [-0.2, 0) is 0 Å². The van der Waals surface area contributed by atoms with Gasteiger partial charge in [0, 0.05) is 17.1 Å². The van der Waals surface area contributed by atoms with Crippen molar-refractivity contribution in [1.82, 2.24) is 9.38 Å². The molecule has 4 aromatic rings. The van der Waals surface area contributed by atoms with Crippen LogP contribution < -0.4 is 19.8 Å². The Morgan fingerprint density at radius 1 is 1.11 bits per heavy atom. The van der Waals surface area contributed by atoms with Gasteiger partial charge in [0.15, 0.2) is 16.5 Å². The van der Waals surface area contributed by atoms with Crippen molar-refractivity contribution < 1.29 is 14.2 Å². The summed E-state index contributed by atoms with van der Waals surface area (Å²) in [6.45, 7) is 3.19. The quantitative estimate of drug-likeness (QED) is 0.267. The summed E-state index contributed by atoms with van der Waals surface area (Å²) in [6, 6.07) is 13.4. The maximum atomic E-state index is 13.4. The third-order valence-corrected chi connectivity index (χ3v) is 6.82. The van der Waals surface area contributed by atoms with E-state index in [-0.39, 0.29) is 5.56 Å². The number of aromatic nitrogens is 2.